The molecule has 1 unspecified atom stereocenters. The summed E-state index contributed by atoms with van der Waals surface area (Å²) in [5.74, 6) is 1.52. The van der Waals surface area contributed by atoms with E-state index < -0.39 is 0 Å². The van der Waals surface area contributed by atoms with E-state index in [0.717, 1.165) is 18.0 Å². The normalized spacial score (nSPS) is 12.5. The van der Waals surface area contributed by atoms with Crippen LogP contribution in [0.25, 0.3) is 0 Å². The Morgan fingerprint density at radius 2 is 1.89 bits per heavy atom. The van der Waals surface area contributed by atoms with Crippen molar-refractivity contribution in [1.82, 2.24) is 0 Å². The zero-order valence-electron chi connectivity index (χ0n) is 12.2. The predicted octanol–water partition coefficient (Wildman–Crippen LogP) is 4.71. The van der Waals surface area contributed by atoms with E-state index in [1.807, 2.05) is 12.1 Å². The summed E-state index contributed by atoms with van der Waals surface area (Å²) in [6.07, 6.45) is 3.72. The second kappa shape index (κ2) is 8.02. The van der Waals surface area contributed by atoms with E-state index in [4.69, 9.17) is 4.74 Å². The first-order valence-electron chi connectivity index (χ1n) is 7.11. The first kappa shape index (κ1) is 14.9. The van der Waals surface area contributed by atoms with Crippen molar-refractivity contribution in [2.24, 2.45) is 5.92 Å². The number of nitrogens with one attached hydrogen (secondary N) is 1. The maximum absolute atomic E-state index is 5.84. The van der Waals surface area contributed by atoms with Gasteiger partial charge in [0.1, 0.15) is 5.75 Å². The molecule has 0 aliphatic heterocycles. The van der Waals surface area contributed by atoms with Gasteiger partial charge in [0.2, 0.25) is 0 Å². The van der Waals surface area contributed by atoms with Crippen LogP contribution < -0.4 is 10.1 Å². The quantitative estimate of drug-likeness (QED) is 0.720. The SMILES string of the molecule is CCCCC(C)Nc1ccccc1OCC(C)C. The van der Waals surface area contributed by atoms with Gasteiger partial charge in [0.25, 0.3) is 0 Å². The van der Waals surface area contributed by atoms with E-state index in [9.17, 15) is 0 Å². The van der Waals surface area contributed by atoms with E-state index >= 15 is 0 Å². The molecule has 102 valence electrons. The molecule has 1 aromatic carbocycles. The molecule has 0 spiro atoms. The number of para-hydroxylation sites is 2. The largest absolute Gasteiger partial charge is 0.491 e. The minimum absolute atomic E-state index is 0.494. The third kappa shape index (κ3) is 5.44. The number of ether oxygens (including phenoxy) is 1. The van der Waals surface area contributed by atoms with Crippen LogP contribution in [0.15, 0.2) is 24.3 Å². The van der Waals surface area contributed by atoms with Crippen LogP contribution in [0.1, 0.15) is 47.0 Å². The van der Waals surface area contributed by atoms with E-state index in [0.29, 0.717) is 12.0 Å². The lowest BCUT2D eigenvalue weighted by Crippen LogP contribution is -2.16. The van der Waals surface area contributed by atoms with Crippen LogP contribution in [0.4, 0.5) is 5.69 Å². The van der Waals surface area contributed by atoms with Gasteiger partial charge in [-0.25, -0.2) is 0 Å². The van der Waals surface area contributed by atoms with Crippen molar-refractivity contribution >= 4 is 5.69 Å². The Kier molecular flexibility index (Phi) is 6.63. The van der Waals surface area contributed by atoms with Gasteiger partial charge in [-0.05, 0) is 31.4 Å². The summed E-state index contributed by atoms with van der Waals surface area (Å²) in [6.45, 7) is 9.56. The van der Waals surface area contributed by atoms with Crippen LogP contribution >= 0.6 is 0 Å². The van der Waals surface area contributed by atoms with Crippen LogP contribution in [0.3, 0.4) is 0 Å². The van der Waals surface area contributed by atoms with Gasteiger partial charge in [-0.3, -0.25) is 0 Å². The monoisotopic (exact) mass is 249 g/mol. The van der Waals surface area contributed by atoms with Gasteiger partial charge in [0.05, 0.1) is 12.3 Å². The first-order valence-corrected chi connectivity index (χ1v) is 7.11. The standard InChI is InChI=1S/C16H27NO/c1-5-6-9-14(4)17-15-10-7-8-11-16(15)18-12-13(2)3/h7-8,10-11,13-14,17H,5-6,9,12H2,1-4H3. The molecule has 0 saturated carbocycles. The van der Waals surface area contributed by atoms with Crippen LogP contribution in [0, 0.1) is 5.92 Å². The maximum Gasteiger partial charge on any atom is 0.142 e. The van der Waals surface area contributed by atoms with Crippen molar-refractivity contribution in [3.63, 3.8) is 0 Å². The van der Waals surface area contributed by atoms with Gasteiger partial charge in [0, 0.05) is 6.04 Å². The Balaban J connectivity index is 2.58. The fraction of sp³-hybridized carbons (Fsp3) is 0.625. The second-order valence-corrected chi connectivity index (χ2v) is 5.39. The van der Waals surface area contributed by atoms with E-state index in [1.54, 1.807) is 0 Å². The van der Waals surface area contributed by atoms with Gasteiger partial charge >= 0.3 is 0 Å². The molecule has 1 atom stereocenters. The van der Waals surface area contributed by atoms with Gasteiger partial charge in [0.15, 0.2) is 0 Å². The third-order valence-electron chi connectivity index (χ3n) is 2.85. The second-order valence-electron chi connectivity index (χ2n) is 5.39. The van der Waals surface area contributed by atoms with Gasteiger partial charge in [-0.1, -0.05) is 45.7 Å². The highest BCUT2D eigenvalue weighted by atomic mass is 16.5. The highest BCUT2D eigenvalue weighted by Gasteiger charge is 2.07. The molecule has 1 N–H and O–H groups in total. The van der Waals surface area contributed by atoms with E-state index in [2.05, 4.69) is 45.1 Å². The first-order chi connectivity index (χ1) is 8.63. The summed E-state index contributed by atoms with van der Waals surface area (Å²) in [7, 11) is 0. The van der Waals surface area contributed by atoms with Crippen molar-refractivity contribution < 1.29 is 4.74 Å². The molecule has 0 saturated heterocycles. The lowest BCUT2D eigenvalue weighted by Gasteiger charge is -2.18. The van der Waals surface area contributed by atoms with Gasteiger partial charge in [-0.15, -0.1) is 0 Å². The molecule has 1 rings (SSSR count). The molecule has 0 bridgehead atoms. The number of hydrogen-bond donors (Lipinski definition) is 1. The maximum atomic E-state index is 5.84. The van der Waals surface area contributed by atoms with Crippen LogP contribution in [0.5, 0.6) is 5.75 Å². The number of benzene rings is 1. The third-order valence-corrected chi connectivity index (χ3v) is 2.85. The zero-order chi connectivity index (χ0) is 13.4. The molecule has 0 aliphatic carbocycles. The summed E-state index contributed by atoms with van der Waals surface area (Å²) in [6, 6.07) is 8.71. The Morgan fingerprint density at radius 1 is 1.17 bits per heavy atom. The Morgan fingerprint density at radius 3 is 2.56 bits per heavy atom. The summed E-state index contributed by atoms with van der Waals surface area (Å²) >= 11 is 0. The molecule has 0 aliphatic rings. The fourth-order valence-electron chi connectivity index (χ4n) is 1.82. The topological polar surface area (TPSA) is 21.3 Å². The van der Waals surface area contributed by atoms with E-state index in [-0.39, 0.29) is 0 Å². The molecule has 2 nitrogen and oxygen atoms in total. The van der Waals surface area contributed by atoms with Crippen molar-refractivity contribution in [2.75, 3.05) is 11.9 Å². The molecule has 0 aromatic heterocycles. The number of unbranched alkanes of at least 4 members (excludes halogenated alkanes) is 1. The summed E-state index contributed by atoms with van der Waals surface area (Å²) in [4.78, 5) is 0. The average molecular weight is 249 g/mol. The molecule has 0 fully saturated rings. The minimum Gasteiger partial charge on any atom is -0.491 e. The lowest BCUT2D eigenvalue weighted by molar-refractivity contribution is 0.272. The van der Waals surface area contributed by atoms with Crippen LogP contribution in [-0.4, -0.2) is 12.6 Å². The van der Waals surface area contributed by atoms with Gasteiger partial charge < -0.3 is 10.1 Å². The summed E-state index contributed by atoms with van der Waals surface area (Å²) in [5, 5.41) is 3.54. The van der Waals surface area contributed by atoms with Crippen LogP contribution in [0.2, 0.25) is 0 Å². The van der Waals surface area contributed by atoms with Crippen molar-refractivity contribution in [3.8, 4) is 5.75 Å². The smallest absolute Gasteiger partial charge is 0.142 e. The van der Waals surface area contributed by atoms with Crippen LogP contribution in [-0.2, 0) is 0 Å². The average Bonchev–Trinajstić information content (AvgIpc) is 2.35. The molecule has 0 amide bonds. The number of hydrogen-bond acceptors (Lipinski definition) is 2. The Bertz CT molecular complexity index is 336. The number of anilines is 1. The lowest BCUT2D eigenvalue weighted by atomic mass is 10.1. The van der Waals surface area contributed by atoms with Gasteiger partial charge in [-0.2, -0.15) is 0 Å². The molecular weight excluding hydrogens is 222 g/mol. The number of rotatable bonds is 8. The highest BCUT2D eigenvalue weighted by molar-refractivity contribution is 5.56. The molecule has 1 aromatic rings. The fourth-order valence-corrected chi connectivity index (χ4v) is 1.82. The summed E-state index contributed by atoms with van der Waals surface area (Å²) in [5.41, 5.74) is 1.11. The van der Waals surface area contributed by atoms with Crippen molar-refractivity contribution in [3.05, 3.63) is 24.3 Å². The molecule has 2 heteroatoms. The zero-order valence-corrected chi connectivity index (χ0v) is 12.2. The minimum atomic E-state index is 0.494. The van der Waals surface area contributed by atoms with Crippen molar-refractivity contribution in [1.29, 1.82) is 0 Å². The Hall–Kier alpha value is -1.18. The molecule has 0 heterocycles. The summed E-state index contributed by atoms with van der Waals surface area (Å²) < 4.78 is 5.84. The molecule has 18 heavy (non-hydrogen) atoms. The molecule has 0 radical (unpaired) electrons. The van der Waals surface area contributed by atoms with E-state index in [1.165, 1.54) is 19.3 Å². The van der Waals surface area contributed by atoms with Crippen molar-refractivity contribution in [2.45, 2.75) is 53.0 Å². The molecular formula is C16H27NO. The predicted molar refractivity (Wildman–Crippen MR) is 79.4 cm³/mol. The Labute approximate surface area is 112 Å². The highest BCUT2D eigenvalue weighted by Crippen LogP contribution is 2.25.